The highest BCUT2D eigenvalue weighted by molar-refractivity contribution is 5.86. The predicted molar refractivity (Wildman–Crippen MR) is 56.4 cm³/mol. The number of aliphatic hydroxyl groups excluding tert-OH is 4. The molecule has 19 heavy (non-hydrogen) atoms. The van der Waals surface area contributed by atoms with Crippen LogP contribution in [-0.4, -0.2) is 79.6 Å². The molecule has 0 radical (unpaired) electrons. The highest BCUT2D eigenvalue weighted by atomic mass is 16.7. The second-order valence-electron chi connectivity index (χ2n) is 4.19. The quantitative estimate of drug-likeness (QED) is 0.252. The summed E-state index contributed by atoms with van der Waals surface area (Å²) in [5.74, 6) is -4.12. The summed E-state index contributed by atoms with van der Waals surface area (Å²) >= 11 is 0. The van der Waals surface area contributed by atoms with Crippen LogP contribution in [-0.2, 0) is 9.53 Å². The molecule has 5 atom stereocenters. The molecule has 0 spiro atoms. The maximum absolute atomic E-state index is 11.6. The molecule has 1 unspecified atom stereocenters. The van der Waals surface area contributed by atoms with E-state index in [2.05, 4.69) is 4.74 Å². The van der Waals surface area contributed by atoms with E-state index in [1.54, 1.807) is 0 Å². The van der Waals surface area contributed by atoms with Gasteiger partial charge in [-0.2, -0.15) is 0 Å². The van der Waals surface area contributed by atoms with Gasteiger partial charge in [-0.15, -0.1) is 0 Å². The molecule has 0 aromatic rings. The number of hydrogen-bond donors (Lipinski definition) is 5. The van der Waals surface area contributed by atoms with E-state index in [1.165, 1.54) is 0 Å². The zero-order valence-corrected chi connectivity index (χ0v) is 9.75. The van der Waals surface area contributed by atoms with Crippen LogP contribution >= 0.6 is 0 Å². The third kappa shape index (κ3) is 3.05. The fourth-order valence-electron chi connectivity index (χ4n) is 1.76. The molecule has 5 N–H and O–H groups in total. The molecule has 0 aromatic heterocycles. The van der Waals surface area contributed by atoms with Crippen LogP contribution in [0.1, 0.15) is 6.42 Å². The molecule has 1 saturated heterocycles. The minimum Gasteiger partial charge on any atom is -0.394 e. The van der Waals surface area contributed by atoms with E-state index in [0.29, 0.717) is 0 Å². The maximum atomic E-state index is 11.6. The number of hydrogen-bond acceptors (Lipinski definition) is 9. The molecule has 10 nitrogen and oxygen atoms in total. The first-order chi connectivity index (χ1) is 8.74. The fourth-order valence-corrected chi connectivity index (χ4v) is 1.76. The van der Waals surface area contributed by atoms with Gasteiger partial charge >= 0.3 is 0 Å². The highest BCUT2D eigenvalue weighted by Crippen LogP contribution is 2.29. The van der Waals surface area contributed by atoms with Crippen molar-refractivity contribution < 1.29 is 40.0 Å². The lowest BCUT2D eigenvalue weighted by Crippen LogP contribution is -2.68. The van der Waals surface area contributed by atoms with Crippen molar-refractivity contribution in [1.82, 2.24) is 0 Å². The highest BCUT2D eigenvalue weighted by Gasteiger charge is 2.56. The molecule has 110 valence electrons. The Morgan fingerprint density at radius 2 is 1.89 bits per heavy atom. The van der Waals surface area contributed by atoms with Crippen LogP contribution in [0.4, 0.5) is 0 Å². The molecule has 0 saturated carbocycles. The average molecular weight is 281 g/mol. The Kier molecular flexibility index (Phi) is 4.90. The van der Waals surface area contributed by atoms with Gasteiger partial charge in [-0.3, -0.25) is 14.9 Å². The molecule has 0 amide bonds. The van der Waals surface area contributed by atoms with E-state index in [4.69, 9.17) is 5.11 Å². The summed E-state index contributed by atoms with van der Waals surface area (Å²) < 4.78 is 4.69. The van der Waals surface area contributed by atoms with Crippen molar-refractivity contribution in [3.05, 3.63) is 10.1 Å². The predicted octanol–water partition coefficient (Wildman–Crippen LogP) is -3.62. The van der Waals surface area contributed by atoms with E-state index in [-0.39, 0.29) is 0 Å². The van der Waals surface area contributed by atoms with Crippen LogP contribution in [0.5, 0.6) is 0 Å². The summed E-state index contributed by atoms with van der Waals surface area (Å²) in [4.78, 5) is 21.0. The Hall–Kier alpha value is -1.17. The minimum atomic E-state index is -2.90. The van der Waals surface area contributed by atoms with Gasteiger partial charge in [0.1, 0.15) is 24.4 Å². The molecule has 1 heterocycles. The number of carbonyl (C=O) groups excluding carboxylic acids is 1. The van der Waals surface area contributed by atoms with E-state index >= 15 is 0 Å². The normalized spacial score (nSPS) is 39.0. The largest absolute Gasteiger partial charge is 0.394 e. The van der Waals surface area contributed by atoms with Gasteiger partial charge < -0.3 is 30.3 Å². The lowest BCUT2D eigenvalue weighted by Gasteiger charge is -2.44. The first-order valence-corrected chi connectivity index (χ1v) is 5.44. The Morgan fingerprint density at radius 1 is 1.32 bits per heavy atom. The van der Waals surface area contributed by atoms with E-state index in [9.17, 15) is 35.3 Å². The Bertz CT molecular complexity index is 360. The maximum Gasteiger partial charge on any atom is 0.256 e. The van der Waals surface area contributed by atoms with Crippen molar-refractivity contribution in [3.63, 3.8) is 0 Å². The van der Waals surface area contributed by atoms with Gasteiger partial charge in [-0.25, -0.2) is 0 Å². The summed E-state index contributed by atoms with van der Waals surface area (Å²) in [5, 5.41) is 57.4. The lowest BCUT2D eigenvalue weighted by molar-refractivity contribution is -0.479. The van der Waals surface area contributed by atoms with Gasteiger partial charge in [-0.1, -0.05) is 0 Å². The number of ether oxygens (including phenoxy) is 1. The first kappa shape index (κ1) is 15.9. The molecule has 10 heteroatoms. The lowest BCUT2D eigenvalue weighted by atomic mass is 9.89. The number of ketones is 1. The Morgan fingerprint density at radius 3 is 2.37 bits per heavy atom. The van der Waals surface area contributed by atoms with Crippen LogP contribution < -0.4 is 0 Å². The molecule has 0 aromatic carbocycles. The Balaban J connectivity index is 2.88. The van der Waals surface area contributed by atoms with Crippen molar-refractivity contribution in [1.29, 1.82) is 0 Å². The van der Waals surface area contributed by atoms with Crippen LogP contribution in [0.2, 0.25) is 0 Å². The summed E-state index contributed by atoms with van der Waals surface area (Å²) in [6, 6.07) is 0. The van der Waals surface area contributed by atoms with Gasteiger partial charge in [-0.05, 0) is 0 Å². The molecule has 1 aliphatic heterocycles. The number of rotatable bonds is 5. The van der Waals surface area contributed by atoms with Crippen LogP contribution in [0.3, 0.4) is 0 Å². The van der Waals surface area contributed by atoms with Crippen LogP contribution in [0.25, 0.3) is 0 Å². The van der Waals surface area contributed by atoms with Gasteiger partial charge in [0.15, 0.2) is 0 Å². The van der Waals surface area contributed by atoms with Crippen LogP contribution in [0, 0.1) is 10.1 Å². The first-order valence-electron chi connectivity index (χ1n) is 5.44. The van der Waals surface area contributed by atoms with Gasteiger partial charge in [0.2, 0.25) is 12.3 Å². The molecule has 0 bridgehead atoms. The third-order valence-corrected chi connectivity index (χ3v) is 2.89. The van der Waals surface area contributed by atoms with Crippen molar-refractivity contribution in [2.24, 2.45) is 0 Å². The smallest absolute Gasteiger partial charge is 0.256 e. The molecule has 0 aliphatic carbocycles. The van der Waals surface area contributed by atoms with Gasteiger partial charge in [0.25, 0.3) is 5.79 Å². The molecular formula is C9H15NO9. The van der Waals surface area contributed by atoms with E-state index < -0.39 is 60.5 Å². The number of carbonyl (C=O) groups is 1. The van der Waals surface area contributed by atoms with E-state index in [0.717, 1.165) is 0 Å². The number of Topliss-reactive ketones (excluding diaryl/α,β-unsaturated/α-hetero) is 1. The van der Waals surface area contributed by atoms with Gasteiger partial charge in [0.05, 0.1) is 13.0 Å². The third-order valence-electron chi connectivity index (χ3n) is 2.89. The second kappa shape index (κ2) is 5.86. The molecule has 1 aliphatic rings. The standard InChI is InChI=1S/C9H15NO9/c11-3-4-6(13)7(14)8(15)9(16,19-4)5(12)1-2-10(17)18/h4,6-8,11,13-16H,1-3H2/t4-,6-,7+,8-,9?/m1/s1. The molecular weight excluding hydrogens is 266 g/mol. The molecule has 1 fully saturated rings. The van der Waals surface area contributed by atoms with E-state index in [1.807, 2.05) is 0 Å². The number of nitro groups is 1. The zero-order chi connectivity index (χ0) is 14.8. The molecule has 1 rings (SSSR count). The van der Waals surface area contributed by atoms with Crippen LogP contribution in [0.15, 0.2) is 0 Å². The monoisotopic (exact) mass is 281 g/mol. The van der Waals surface area contributed by atoms with Crippen molar-refractivity contribution in [2.75, 3.05) is 13.2 Å². The second-order valence-corrected chi connectivity index (χ2v) is 4.19. The number of aliphatic hydroxyl groups is 5. The van der Waals surface area contributed by atoms with Gasteiger partial charge in [0, 0.05) is 4.92 Å². The Labute approximate surface area is 107 Å². The minimum absolute atomic E-state index is 0.735. The summed E-state index contributed by atoms with van der Waals surface area (Å²) in [5.41, 5.74) is 0. The van der Waals surface area contributed by atoms with Crippen molar-refractivity contribution in [2.45, 2.75) is 36.6 Å². The zero-order valence-electron chi connectivity index (χ0n) is 9.75. The summed E-state index contributed by atoms with van der Waals surface area (Å²) in [6.45, 7) is -1.62. The van der Waals surface area contributed by atoms with Crippen molar-refractivity contribution >= 4 is 5.78 Å². The topological polar surface area (TPSA) is 171 Å². The SMILES string of the molecule is O=C(CC[N+](=O)[O-])C1(O)O[C@H](CO)[C@@H](O)[C@H](O)[C@H]1O. The summed E-state index contributed by atoms with van der Waals surface area (Å²) in [7, 11) is 0. The fraction of sp³-hybridized carbons (Fsp3) is 0.889. The number of nitrogens with zero attached hydrogens (tertiary/aromatic N) is 1. The summed E-state index contributed by atoms with van der Waals surface area (Å²) in [6.07, 6.45) is -8.05. The average Bonchev–Trinajstić information content (AvgIpc) is 2.37. The van der Waals surface area contributed by atoms with Crippen molar-refractivity contribution in [3.8, 4) is 0 Å².